The van der Waals surface area contributed by atoms with Crippen LogP contribution in [0.15, 0.2) is 30.3 Å². The molecule has 1 aromatic carbocycles. The third-order valence-corrected chi connectivity index (χ3v) is 5.70. The van der Waals surface area contributed by atoms with Crippen molar-refractivity contribution in [2.24, 2.45) is 5.92 Å². The largest absolute Gasteiger partial charge is 0.381 e. The van der Waals surface area contributed by atoms with Gasteiger partial charge in [-0.25, -0.2) is 9.67 Å². The highest BCUT2D eigenvalue weighted by atomic mass is 16.5. The molecule has 0 spiro atoms. The summed E-state index contributed by atoms with van der Waals surface area (Å²) in [6, 6.07) is 10.0. The lowest BCUT2D eigenvalue weighted by molar-refractivity contribution is -0.128. The van der Waals surface area contributed by atoms with E-state index in [2.05, 4.69) is 21.9 Å². The number of nitrogens with zero attached hydrogens (tertiary/aromatic N) is 4. The van der Waals surface area contributed by atoms with E-state index in [0.717, 1.165) is 63.5 Å². The number of Topliss-reactive ketones (excluding diaryl/α,β-unsaturated/α-hetero) is 1. The average molecular weight is 368 g/mol. The van der Waals surface area contributed by atoms with E-state index in [-0.39, 0.29) is 11.8 Å². The number of rotatable bonds is 7. The van der Waals surface area contributed by atoms with Crippen LogP contribution in [0.25, 0.3) is 5.69 Å². The molecule has 3 heterocycles. The molecule has 2 aliphatic heterocycles. The second kappa shape index (κ2) is 8.31. The van der Waals surface area contributed by atoms with Crippen LogP contribution in [0.5, 0.6) is 0 Å². The first-order valence-electron chi connectivity index (χ1n) is 10.1. The first-order valence-corrected chi connectivity index (χ1v) is 10.1. The maximum atomic E-state index is 12.8. The normalized spacial score (nSPS) is 21.1. The van der Waals surface area contributed by atoms with Crippen LogP contribution in [0.4, 0.5) is 0 Å². The molecular weight excluding hydrogens is 340 g/mol. The molecule has 0 bridgehead atoms. The number of hydrogen-bond acceptors (Lipinski definition) is 5. The van der Waals surface area contributed by atoms with Crippen LogP contribution >= 0.6 is 0 Å². The third-order valence-electron chi connectivity index (χ3n) is 5.70. The molecule has 0 aliphatic carbocycles. The van der Waals surface area contributed by atoms with Gasteiger partial charge in [0, 0.05) is 32.7 Å². The summed E-state index contributed by atoms with van der Waals surface area (Å²) in [5.41, 5.74) is 0.991. The summed E-state index contributed by atoms with van der Waals surface area (Å²) < 4.78 is 7.31. The lowest BCUT2D eigenvalue weighted by Crippen LogP contribution is -2.54. The second-order valence-electron chi connectivity index (χ2n) is 7.54. The molecule has 6 nitrogen and oxygen atoms in total. The Bertz CT molecular complexity index is 768. The summed E-state index contributed by atoms with van der Waals surface area (Å²) in [4.78, 5) is 19.8. The van der Waals surface area contributed by atoms with Crippen molar-refractivity contribution in [1.82, 2.24) is 19.7 Å². The van der Waals surface area contributed by atoms with Crippen LogP contribution in [0, 0.1) is 5.92 Å². The van der Waals surface area contributed by atoms with Gasteiger partial charge in [0.05, 0.1) is 18.2 Å². The van der Waals surface area contributed by atoms with Gasteiger partial charge in [0.1, 0.15) is 5.82 Å². The average Bonchev–Trinajstić information content (AvgIpc) is 3.09. The van der Waals surface area contributed by atoms with Gasteiger partial charge in [-0.05, 0) is 37.3 Å². The first kappa shape index (κ1) is 18.3. The Morgan fingerprint density at radius 1 is 1.19 bits per heavy atom. The van der Waals surface area contributed by atoms with Crippen molar-refractivity contribution in [2.75, 3.05) is 26.3 Å². The molecule has 6 heteroatoms. The van der Waals surface area contributed by atoms with Gasteiger partial charge < -0.3 is 4.74 Å². The number of ether oxygens (including phenoxy) is 1. The number of aryl methyl sites for hydroxylation is 1. The first-order chi connectivity index (χ1) is 13.2. The number of aromatic nitrogens is 3. The van der Waals surface area contributed by atoms with Crippen LogP contribution in [0.3, 0.4) is 0 Å². The number of ketones is 1. The molecule has 2 aromatic rings. The van der Waals surface area contributed by atoms with Gasteiger partial charge in [0.2, 0.25) is 0 Å². The number of benzene rings is 1. The van der Waals surface area contributed by atoms with E-state index in [1.165, 1.54) is 0 Å². The van der Waals surface area contributed by atoms with Crippen LogP contribution in [-0.4, -0.2) is 57.8 Å². The zero-order valence-electron chi connectivity index (χ0n) is 16.0. The van der Waals surface area contributed by atoms with Crippen molar-refractivity contribution in [2.45, 2.75) is 45.1 Å². The summed E-state index contributed by atoms with van der Waals surface area (Å²) in [7, 11) is 0. The minimum atomic E-state index is 0.0431. The van der Waals surface area contributed by atoms with Gasteiger partial charge in [-0.3, -0.25) is 9.69 Å². The highest BCUT2D eigenvalue weighted by Crippen LogP contribution is 2.25. The van der Waals surface area contributed by atoms with Gasteiger partial charge in [-0.15, -0.1) is 0 Å². The molecule has 0 radical (unpaired) electrons. The summed E-state index contributed by atoms with van der Waals surface area (Å²) in [5.74, 6) is 2.45. The fourth-order valence-corrected chi connectivity index (χ4v) is 4.03. The van der Waals surface area contributed by atoms with Crippen molar-refractivity contribution in [3.63, 3.8) is 0 Å². The number of likely N-dealkylation sites (tertiary alicyclic amines) is 1. The minimum Gasteiger partial charge on any atom is -0.381 e. The summed E-state index contributed by atoms with van der Waals surface area (Å²) >= 11 is 0. The molecule has 27 heavy (non-hydrogen) atoms. The highest BCUT2D eigenvalue weighted by Gasteiger charge is 2.35. The molecule has 2 aliphatic rings. The van der Waals surface area contributed by atoms with E-state index in [4.69, 9.17) is 4.74 Å². The number of para-hydroxylation sites is 1. The van der Waals surface area contributed by atoms with Crippen molar-refractivity contribution in [3.8, 4) is 5.69 Å². The number of carbonyl (C=O) groups is 1. The molecule has 144 valence electrons. The van der Waals surface area contributed by atoms with E-state index in [1.54, 1.807) is 0 Å². The minimum absolute atomic E-state index is 0.0431. The Kier molecular flexibility index (Phi) is 5.64. The van der Waals surface area contributed by atoms with Gasteiger partial charge >= 0.3 is 0 Å². The lowest BCUT2D eigenvalue weighted by atomic mass is 9.92. The van der Waals surface area contributed by atoms with Crippen molar-refractivity contribution in [1.29, 1.82) is 0 Å². The van der Waals surface area contributed by atoms with Gasteiger partial charge in [0.25, 0.3) is 0 Å². The molecule has 0 amide bonds. The molecule has 0 saturated carbocycles. The highest BCUT2D eigenvalue weighted by molar-refractivity contribution is 5.86. The van der Waals surface area contributed by atoms with Gasteiger partial charge in [-0.1, -0.05) is 25.1 Å². The van der Waals surface area contributed by atoms with E-state index in [9.17, 15) is 4.79 Å². The molecule has 2 fully saturated rings. The van der Waals surface area contributed by atoms with Crippen molar-refractivity contribution in [3.05, 3.63) is 42.0 Å². The standard InChI is InChI=1S/C21H28N4O2/c1-2-21-22-20(23-25(21)17-6-4-3-5-7-17)14-19(26)18-8-11-24(18)15-16-9-12-27-13-10-16/h3-7,16,18H,2,8-15H2,1H3/t18-/m0/s1. The SMILES string of the molecule is CCc1nc(CC(=O)[C@@H]2CCN2CC2CCOCC2)nn1-c1ccccc1. The zero-order valence-corrected chi connectivity index (χ0v) is 16.0. The van der Waals surface area contributed by atoms with Crippen LogP contribution in [0.1, 0.15) is 37.8 Å². The topological polar surface area (TPSA) is 60.3 Å². The zero-order chi connectivity index (χ0) is 18.6. The van der Waals surface area contributed by atoms with Crippen LogP contribution in [-0.2, 0) is 22.4 Å². The van der Waals surface area contributed by atoms with E-state index >= 15 is 0 Å². The fourth-order valence-electron chi connectivity index (χ4n) is 4.03. The summed E-state index contributed by atoms with van der Waals surface area (Å²) in [6.45, 7) is 5.83. The maximum absolute atomic E-state index is 12.8. The second-order valence-corrected chi connectivity index (χ2v) is 7.54. The summed E-state index contributed by atoms with van der Waals surface area (Å²) in [6.07, 6.45) is 4.29. The molecule has 4 rings (SSSR count). The van der Waals surface area contributed by atoms with E-state index in [0.29, 0.717) is 18.2 Å². The molecular formula is C21H28N4O2. The maximum Gasteiger partial charge on any atom is 0.158 e. The van der Waals surface area contributed by atoms with Crippen LogP contribution < -0.4 is 0 Å². The Morgan fingerprint density at radius 3 is 2.63 bits per heavy atom. The fraction of sp³-hybridized carbons (Fsp3) is 0.571. The van der Waals surface area contributed by atoms with E-state index in [1.807, 2.05) is 35.0 Å². The van der Waals surface area contributed by atoms with E-state index < -0.39 is 0 Å². The Balaban J connectivity index is 1.40. The number of hydrogen-bond donors (Lipinski definition) is 0. The molecule has 1 aromatic heterocycles. The van der Waals surface area contributed by atoms with Crippen molar-refractivity contribution < 1.29 is 9.53 Å². The molecule has 0 N–H and O–H groups in total. The van der Waals surface area contributed by atoms with Crippen LogP contribution in [0.2, 0.25) is 0 Å². The van der Waals surface area contributed by atoms with Gasteiger partial charge in [0.15, 0.2) is 11.6 Å². The third kappa shape index (κ3) is 4.12. The Labute approximate surface area is 160 Å². The van der Waals surface area contributed by atoms with Crippen molar-refractivity contribution >= 4 is 5.78 Å². The monoisotopic (exact) mass is 368 g/mol. The molecule has 1 atom stereocenters. The predicted octanol–water partition coefficient (Wildman–Crippen LogP) is 2.44. The smallest absolute Gasteiger partial charge is 0.158 e. The number of carbonyl (C=O) groups excluding carboxylic acids is 1. The molecule has 0 unspecified atom stereocenters. The Hall–Kier alpha value is -2.05. The van der Waals surface area contributed by atoms with Gasteiger partial charge in [-0.2, -0.15) is 5.10 Å². The summed E-state index contributed by atoms with van der Waals surface area (Å²) in [5, 5.41) is 4.62. The predicted molar refractivity (Wildman–Crippen MR) is 103 cm³/mol. The molecule has 2 saturated heterocycles. The Morgan fingerprint density at radius 2 is 1.96 bits per heavy atom. The quantitative estimate of drug-likeness (QED) is 0.751. The lowest BCUT2D eigenvalue weighted by Gasteiger charge is -2.42.